The normalized spacial score (nSPS) is 35.0. The zero-order chi connectivity index (χ0) is 11.5. The number of piperidine rings is 1. The van der Waals surface area contributed by atoms with E-state index >= 15 is 0 Å². The summed E-state index contributed by atoms with van der Waals surface area (Å²) >= 11 is 0. The van der Waals surface area contributed by atoms with Gasteiger partial charge < -0.3 is 15.4 Å². The Morgan fingerprint density at radius 3 is 2.20 bits per heavy atom. The van der Waals surface area contributed by atoms with Crippen LogP contribution >= 0.6 is 0 Å². The van der Waals surface area contributed by atoms with Crippen molar-refractivity contribution in [3.8, 4) is 0 Å². The maximum atomic E-state index is 6.19. The van der Waals surface area contributed by atoms with Gasteiger partial charge in [0.15, 0.2) is 0 Å². The summed E-state index contributed by atoms with van der Waals surface area (Å²) < 4.78 is 5.65. The fraction of sp³-hybridized carbons (Fsp3) is 1.00. The molecule has 0 amide bonds. The zero-order valence-corrected chi connectivity index (χ0v) is 10.6. The van der Waals surface area contributed by atoms with Gasteiger partial charge in [0.25, 0.3) is 0 Å². The third-order valence-corrected chi connectivity index (χ3v) is 3.83. The van der Waals surface area contributed by atoms with Gasteiger partial charge in [-0.25, -0.2) is 0 Å². The molecule has 2 aliphatic heterocycles. The number of ether oxygens (including phenoxy) is 1. The lowest BCUT2D eigenvalue weighted by atomic mass is 9.73. The van der Waals surface area contributed by atoms with Crippen LogP contribution in [0.4, 0.5) is 0 Å². The van der Waals surface area contributed by atoms with E-state index < -0.39 is 0 Å². The minimum absolute atomic E-state index is 0.251. The van der Waals surface area contributed by atoms with Gasteiger partial charge in [-0.1, -0.05) is 13.8 Å². The number of nitrogens with two attached hydrogens (primary N) is 1. The van der Waals surface area contributed by atoms with Crippen LogP contribution in [0.1, 0.15) is 33.6 Å². The molecule has 2 unspecified atom stereocenters. The summed E-state index contributed by atoms with van der Waals surface area (Å²) in [5.41, 5.74) is 6.49. The lowest BCUT2D eigenvalue weighted by Gasteiger charge is -2.39. The number of nitrogens with zero attached hydrogens (tertiary/aromatic N) is 1. The molecule has 0 saturated carbocycles. The standard InChI is InChI=1S/C10H20N2O.C2H6/c1-8-9(11)10(7-13-8)3-5-12(2)6-4-10;1-2/h8-9H,3-7,11H2,1-2H3;1-2H3. The fourth-order valence-corrected chi connectivity index (χ4v) is 2.54. The van der Waals surface area contributed by atoms with E-state index in [0.29, 0.717) is 5.41 Å². The van der Waals surface area contributed by atoms with Crippen LogP contribution in [0.15, 0.2) is 0 Å². The predicted octanol–water partition coefficient (Wildman–Crippen LogP) is 1.47. The molecule has 0 aromatic carbocycles. The van der Waals surface area contributed by atoms with Gasteiger partial charge in [-0.15, -0.1) is 0 Å². The van der Waals surface area contributed by atoms with E-state index in [1.54, 1.807) is 0 Å². The van der Waals surface area contributed by atoms with Crippen LogP contribution in [-0.4, -0.2) is 43.8 Å². The minimum Gasteiger partial charge on any atom is -0.376 e. The molecule has 0 aliphatic carbocycles. The molecular weight excluding hydrogens is 188 g/mol. The summed E-state index contributed by atoms with van der Waals surface area (Å²) in [5, 5.41) is 0. The lowest BCUT2D eigenvalue weighted by molar-refractivity contribution is 0.0756. The molecule has 15 heavy (non-hydrogen) atoms. The zero-order valence-electron chi connectivity index (χ0n) is 10.6. The Morgan fingerprint density at radius 2 is 1.80 bits per heavy atom. The van der Waals surface area contributed by atoms with E-state index in [4.69, 9.17) is 10.5 Å². The highest BCUT2D eigenvalue weighted by Gasteiger charge is 2.46. The third kappa shape index (κ3) is 2.52. The van der Waals surface area contributed by atoms with Gasteiger partial charge in [0.05, 0.1) is 12.7 Å². The highest BCUT2D eigenvalue weighted by molar-refractivity contribution is 4.99. The molecule has 90 valence electrons. The molecule has 2 N–H and O–H groups in total. The van der Waals surface area contributed by atoms with Crippen molar-refractivity contribution >= 4 is 0 Å². The summed E-state index contributed by atoms with van der Waals surface area (Å²) in [6.45, 7) is 9.31. The topological polar surface area (TPSA) is 38.5 Å². The Morgan fingerprint density at radius 1 is 1.27 bits per heavy atom. The largest absolute Gasteiger partial charge is 0.376 e. The maximum Gasteiger partial charge on any atom is 0.0704 e. The van der Waals surface area contributed by atoms with Crippen LogP contribution in [0, 0.1) is 5.41 Å². The van der Waals surface area contributed by atoms with Crippen LogP contribution < -0.4 is 5.73 Å². The van der Waals surface area contributed by atoms with Gasteiger partial charge in [0, 0.05) is 11.5 Å². The van der Waals surface area contributed by atoms with Gasteiger partial charge in [0.1, 0.15) is 0 Å². The van der Waals surface area contributed by atoms with Crippen molar-refractivity contribution in [1.29, 1.82) is 0 Å². The van der Waals surface area contributed by atoms with E-state index in [9.17, 15) is 0 Å². The summed E-state index contributed by atoms with van der Waals surface area (Å²) in [6, 6.07) is 0.251. The molecule has 2 atom stereocenters. The van der Waals surface area contributed by atoms with Crippen LogP contribution in [-0.2, 0) is 4.74 Å². The molecule has 3 nitrogen and oxygen atoms in total. The molecule has 0 bridgehead atoms. The molecule has 2 rings (SSSR count). The minimum atomic E-state index is 0.251. The second-order valence-electron chi connectivity index (χ2n) is 4.71. The number of rotatable bonds is 0. The first-order chi connectivity index (χ1) is 7.14. The van der Waals surface area contributed by atoms with E-state index in [1.807, 2.05) is 13.8 Å². The Balaban J connectivity index is 0.000000531. The molecule has 3 heteroatoms. The summed E-state index contributed by atoms with van der Waals surface area (Å²) in [6.07, 6.45) is 2.66. The van der Waals surface area contributed by atoms with E-state index in [-0.39, 0.29) is 12.1 Å². The number of hydrogen-bond acceptors (Lipinski definition) is 3. The predicted molar refractivity (Wildman–Crippen MR) is 63.9 cm³/mol. The first-order valence-electron chi connectivity index (χ1n) is 6.20. The van der Waals surface area contributed by atoms with Crippen LogP contribution in [0.2, 0.25) is 0 Å². The summed E-state index contributed by atoms with van der Waals surface area (Å²) in [4.78, 5) is 2.38. The molecule has 2 saturated heterocycles. The molecular formula is C12H26N2O. The smallest absolute Gasteiger partial charge is 0.0704 e. The van der Waals surface area contributed by atoms with Crippen molar-refractivity contribution in [3.05, 3.63) is 0 Å². The second-order valence-corrected chi connectivity index (χ2v) is 4.71. The van der Waals surface area contributed by atoms with Crippen LogP contribution in [0.25, 0.3) is 0 Å². The second kappa shape index (κ2) is 5.28. The van der Waals surface area contributed by atoms with Crippen LogP contribution in [0.3, 0.4) is 0 Å². The van der Waals surface area contributed by atoms with Crippen molar-refractivity contribution in [3.63, 3.8) is 0 Å². The van der Waals surface area contributed by atoms with Crippen molar-refractivity contribution in [2.24, 2.45) is 11.1 Å². The molecule has 2 aliphatic rings. The Hall–Kier alpha value is -0.120. The highest BCUT2D eigenvalue weighted by Crippen LogP contribution is 2.40. The molecule has 2 fully saturated rings. The van der Waals surface area contributed by atoms with Gasteiger partial charge >= 0.3 is 0 Å². The van der Waals surface area contributed by atoms with Gasteiger partial charge in [-0.2, -0.15) is 0 Å². The first kappa shape index (κ1) is 12.9. The van der Waals surface area contributed by atoms with Crippen molar-refractivity contribution in [2.75, 3.05) is 26.7 Å². The summed E-state index contributed by atoms with van der Waals surface area (Å²) in [5.74, 6) is 0. The van der Waals surface area contributed by atoms with Gasteiger partial charge in [0.2, 0.25) is 0 Å². The Kier molecular flexibility index (Phi) is 4.56. The van der Waals surface area contributed by atoms with E-state index in [1.165, 1.54) is 25.9 Å². The van der Waals surface area contributed by atoms with Gasteiger partial charge in [-0.05, 0) is 39.9 Å². The number of likely N-dealkylation sites (tertiary alicyclic amines) is 1. The molecule has 0 aromatic rings. The molecule has 0 aromatic heterocycles. The lowest BCUT2D eigenvalue weighted by Crippen LogP contribution is -2.49. The van der Waals surface area contributed by atoms with Crippen molar-refractivity contribution < 1.29 is 4.74 Å². The molecule has 2 heterocycles. The average molecular weight is 214 g/mol. The quantitative estimate of drug-likeness (QED) is 0.663. The SMILES string of the molecule is CC.CC1OCC2(CCN(C)CC2)C1N. The highest BCUT2D eigenvalue weighted by atomic mass is 16.5. The van der Waals surface area contributed by atoms with E-state index in [2.05, 4.69) is 18.9 Å². The van der Waals surface area contributed by atoms with E-state index in [0.717, 1.165) is 6.61 Å². The molecule has 0 radical (unpaired) electrons. The maximum absolute atomic E-state index is 6.19. The summed E-state index contributed by atoms with van der Waals surface area (Å²) in [7, 11) is 2.18. The fourth-order valence-electron chi connectivity index (χ4n) is 2.54. The average Bonchev–Trinajstić information content (AvgIpc) is 2.55. The molecule has 1 spiro atoms. The van der Waals surface area contributed by atoms with Crippen LogP contribution in [0.5, 0.6) is 0 Å². The van der Waals surface area contributed by atoms with Gasteiger partial charge in [-0.3, -0.25) is 0 Å². The Labute approximate surface area is 94.0 Å². The monoisotopic (exact) mass is 214 g/mol. The Bertz CT molecular complexity index is 188. The first-order valence-corrected chi connectivity index (χ1v) is 6.20. The van der Waals surface area contributed by atoms with Crippen molar-refractivity contribution in [2.45, 2.75) is 45.8 Å². The third-order valence-electron chi connectivity index (χ3n) is 3.83. The van der Waals surface area contributed by atoms with Crippen molar-refractivity contribution in [1.82, 2.24) is 4.90 Å². The number of hydrogen-bond donors (Lipinski definition) is 1.